The molecule has 1 heterocycles. The SMILES string of the molecule is CC1(Cn2nnnc2-c2ccc(N)c(F)c2)CC1. The number of anilines is 1. The lowest BCUT2D eigenvalue weighted by atomic mass is 10.1. The Morgan fingerprint density at radius 3 is 2.89 bits per heavy atom. The number of tetrazole rings is 1. The van der Waals surface area contributed by atoms with Gasteiger partial charge in [0.25, 0.3) is 0 Å². The molecule has 0 bridgehead atoms. The fourth-order valence-electron chi connectivity index (χ4n) is 1.92. The summed E-state index contributed by atoms with van der Waals surface area (Å²) in [6, 6.07) is 4.63. The van der Waals surface area contributed by atoms with Crippen molar-refractivity contribution in [2.45, 2.75) is 26.3 Å². The van der Waals surface area contributed by atoms with E-state index >= 15 is 0 Å². The third kappa shape index (κ3) is 1.94. The zero-order chi connectivity index (χ0) is 12.8. The second kappa shape index (κ2) is 3.76. The van der Waals surface area contributed by atoms with Crippen LogP contribution in [0.4, 0.5) is 10.1 Å². The van der Waals surface area contributed by atoms with Crippen LogP contribution in [0, 0.1) is 11.2 Å². The van der Waals surface area contributed by atoms with Crippen molar-refractivity contribution < 1.29 is 4.39 Å². The van der Waals surface area contributed by atoms with E-state index < -0.39 is 5.82 Å². The maximum Gasteiger partial charge on any atom is 0.182 e. The van der Waals surface area contributed by atoms with Crippen LogP contribution in [0.3, 0.4) is 0 Å². The predicted molar refractivity (Wildman–Crippen MR) is 65.0 cm³/mol. The van der Waals surface area contributed by atoms with E-state index in [0.717, 1.165) is 6.54 Å². The lowest BCUT2D eigenvalue weighted by molar-refractivity contribution is 0.427. The molecule has 0 amide bonds. The third-order valence-corrected chi connectivity index (χ3v) is 3.43. The van der Waals surface area contributed by atoms with Crippen molar-refractivity contribution in [3.05, 3.63) is 24.0 Å². The largest absolute Gasteiger partial charge is 0.396 e. The lowest BCUT2D eigenvalue weighted by Gasteiger charge is -2.09. The maximum absolute atomic E-state index is 13.5. The number of nitrogens with zero attached hydrogens (tertiary/aromatic N) is 4. The van der Waals surface area contributed by atoms with Crippen molar-refractivity contribution in [2.75, 3.05) is 5.73 Å². The van der Waals surface area contributed by atoms with Crippen molar-refractivity contribution in [2.24, 2.45) is 5.41 Å². The molecule has 0 atom stereocenters. The molecule has 0 aliphatic heterocycles. The number of halogens is 1. The van der Waals surface area contributed by atoms with E-state index in [9.17, 15) is 4.39 Å². The minimum Gasteiger partial charge on any atom is -0.396 e. The number of benzene rings is 1. The van der Waals surface area contributed by atoms with Crippen LogP contribution >= 0.6 is 0 Å². The van der Waals surface area contributed by atoms with Gasteiger partial charge in [0, 0.05) is 5.56 Å². The Kier molecular flexibility index (Phi) is 2.33. The van der Waals surface area contributed by atoms with Crippen molar-refractivity contribution in [1.29, 1.82) is 0 Å². The van der Waals surface area contributed by atoms with E-state index in [2.05, 4.69) is 22.4 Å². The Morgan fingerprint density at radius 1 is 1.44 bits per heavy atom. The van der Waals surface area contributed by atoms with Crippen molar-refractivity contribution >= 4 is 5.69 Å². The summed E-state index contributed by atoms with van der Waals surface area (Å²) in [5.74, 6) is 0.140. The van der Waals surface area contributed by atoms with Crippen molar-refractivity contribution in [1.82, 2.24) is 20.2 Å². The lowest BCUT2D eigenvalue weighted by Crippen LogP contribution is -2.11. The summed E-state index contributed by atoms with van der Waals surface area (Å²) in [5.41, 5.74) is 6.53. The average Bonchev–Trinajstić information content (AvgIpc) is 2.88. The average molecular weight is 247 g/mol. The van der Waals surface area contributed by atoms with Crippen molar-refractivity contribution in [3.63, 3.8) is 0 Å². The molecule has 6 heteroatoms. The van der Waals surface area contributed by atoms with E-state index in [0.29, 0.717) is 11.4 Å². The smallest absolute Gasteiger partial charge is 0.182 e. The molecule has 0 radical (unpaired) electrons. The second-order valence-corrected chi connectivity index (χ2v) is 5.21. The first-order chi connectivity index (χ1) is 8.57. The van der Waals surface area contributed by atoms with Gasteiger partial charge < -0.3 is 5.73 Å². The molecule has 1 aliphatic rings. The van der Waals surface area contributed by atoms with Crippen LogP contribution in [-0.2, 0) is 6.54 Å². The second-order valence-electron chi connectivity index (χ2n) is 5.21. The molecule has 1 aliphatic carbocycles. The van der Waals surface area contributed by atoms with Crippen LogP contribution < -0.4 is 5.73 Å². The molecule has 18 heavy (non-hydrogen) atoms. The van der Waals surface area contributed by atoms with Crippen LogP contribution in [0.5, 0.6) is 0 Å². The Hall–Kier alpha value is -1.98. The van der Waals surface area contributed by atoms with Gasteiger partial charge in [0.2, 0.25) is 0 Å². The molecule has 2 N–H and O–H groups in total. The Labute approximate surface area is 104 Å². The highest BCUT2D eigenvalue weighted by atomic mass is 19.1. The molecular formula is C12H14FN5. The Morgan fingerprint density at radius 2 is 2.22 bits per heavy atom. The van der Waals surface area contributed by atoms with Gasteiger partial charge in [-0.2, -0.15) is 0 Å². The fourth-order valence-corrected chi connectivity index (χ4v) is 1.92. The Bertz CT molecular complexity index is 588. The summed E-state index contributed by atoms with van der Waals surface area (Å²) in [7, 11) is 0. The molecule has 1 fully saturated rings. The van der Waals surface area contributed by atoms with Crippen molar-refractivity contribution in [3.8, 4) is 11.4 Å². The van der Waals surface area contributed by atoms with Crippen LogP contribution in [0.1, 0.15) is 19.8 Å². The van der Waals surface area contributed by atoms with Gasteiger partial charge in [-0.3, -0.25) is 0 Å². The topological polar surface area (TPSA) is 69.6 Å². The first kappa shape index (κ1) is 11.1. The van der Waals surface area contributed by atoms with E-state index in [1.165, 1.54) is 25.0 Å². The number of aromatic nitrogens is 4. The molecule has 0 unspecified atom stereocenters. The van der Waals surface area contributed by atoms with Gasteiger partial charge in [0.05, 0.1) is 12.2 Å². The minimum atomic E-state index is -0.445. The number of hydrogen-bond donors (Lipinski definition) is 1. The van der Waals surface area contributed by atoms with Crippen LogP contribution in [0.25, 0.3) is 11.4 Å². The highest BCUT2D eigenvalue weighted by molar-refractivity contribution is 5.59. The highest BCUT2D eigenvalue weighted by Crippen LogP contribution is 2.46. The minimum absolute atomic E-state index is 0.131. The van der Waals surface area contributed by atoms with Gasteiger partial charge in [0.1, 0.15) is 5.82 Å². The monoisotopic (exact) mass is 247 g/mol. The van der Waals surface area contributed by atoms with Crippen LogP contribution in [0.15, 0.2) is 18.2 Å². The van der Waals surface area contributed by atoms with Gasteiger partial charge in [-0.25, -0.2) is 9.07 Å². The third-order valence-electron chi connectivity index (χ3n) is 3.43. The maximum atomic E-state index is 13.5. The van der Waals surface area contributed by atoms with E-state index in [4.69, 9.17) is 5.73 Å². The van der Waals surface area contributed by atoms with Gasteiger partial charge >= 0.3 is 0 Å². The van der Waals surface area contributed by atoms with Crippen LogP contribution in [0.2, 0.25) is 0 Å². The molecule has 1 aromatic carbocycles. The molecule has 5 nitrogen and oxygen atoms in total. The molecule has 94 valence electrons. The predicted octanol–water partition coefficient (Wildman–Crippen LogP) is 1.86. The van der Waals surface area contributed by atoms with Gasteiger partial charge in [0.15, 0.2) is 5.82 Å². The normalized spacial score (nSPS) is 16.8. The summed E-state index contributed by atoms with van der Waals surface area (Å²) in [4.78, 5) is 0. The molecule has 2 aromatic rings. The number of nitrogen functional groups attached to an aromatic ring is 1. The van der Waals surface area contributed by atoms with Gasteiger partial charge in [-0.1, -0.05) is 6.92 Å². The summed E-state index contributed by atoms with van der Waals surface area (Å²) in [6.07, 6.45) is 2.37. The summed E-state index contributed by atoms with van der Waals surface area (Å²) < 4.78 is 15.2. The highest BCUT2D eigenvalue weighted by Gasteiger charge is 2.38. The zero-order valence-electron chi connectivity index (χ0n) is 10.1. The number of hydrogen-bond acceptors (Lipinski definition) is 4. The van der Waals surface area contributed by atoms with Gasteiger partial charge in [-0.15, -0.1) is 5.10 Å². The standard InChI is InChI=1S/C12H14FN5/c1-12(4-5-12)7-18-11(15-16-17-18)8-2-3-10(14)9(13)6-8/h2-3,6H,4-5,7,14H2,1H3. The fraction of sp³-hybridized carbons (Fsp3) is 0.417. The van der Waals surface area contributed by atoms with E-state index in [1.54, 1.807) is 10.7 Å². The summed E-state index contributed by atoms with van der Waals surface area (Å²) in [5, 5.41) is 11.6. The molecule has 3 rings (SSSR count). The first-order valence-corrected chi connectivity index (χ1v) is 5.89. The van der Waals surface area contributed by atoms with Gasteiger partial charge in [-0.05, 0) is 46.9 Å². The quantitative estimate of drug-likeness (QED) is 0.840. The zero-order valence-corrected chi connectivity index (χ0v) is 10.1. The summed E-state index contributed by atoms with van der Waals surface area (Å²) in [6.45, 7) is 2.96. The Balaban J connectivity index is 1.96. The number of nitrogens with two attached hydrogens (primary N) is 1. The molecule has 1 aromatic heterocycles. The number of rotatable bonds is 3. The summed E-state index contributed by atoms with van der Waals surface area (Å²) >= 11 is 0. The molecule has 0 spiro atoms. The van der Waals surface area contributed by atoms with E-state index in [-0.39, 0.29) is 11.1 Å². The molecular weight excluding hydrogens is 233 g/mol. The first-order valence-electron chi connectivity index (χ1n) is 5.89. The molecule has 0 saturated heterocycles. The van der Waals surface area contributed by atoms with Crippen LogP contribution in [-0.4, -0.2) is 20.2 Å². The molecule has 1 saturated carbocycles. The van der Waals surface area contributed by atoms with E-state index in [1.807, 2.05) is 0 Å².